The highest BCUT2D eigenvalue weighted by Crippen LogP contribution is 2.11. The van der Waals surface area contributed by atoms with Gasteiger partial charge in [-0.2, -0.15) is 5.26 Å². The zero-order chi connectivity index (χ0) is 13.5. The maximum absolute atomic E-state index is 11.7. The molecule has 94 valence electrons. The van der Waals surface area contributed by atoms with Crippen LogP contribution in [0.5, 0.6) is 0 Å². The minimum atomic E-state index is -0.686. The van der Waals surface area contributed by atoms with Crippen molar-refractivity contribution in [1.29, 1.82) is 5.26 Å². The van der Waals surface area contributed by atoms with Gasteiger partial charge in [0.05, 0.1) is 11.6 Å². The fourth-order valence-electron chi connectivity index (χ4n) is 1.56. The van der Waals surface area contributed by atoms with Crippen molar-refractivity contribution in [3.05, 3.63) is 71.8 Å². The lowest BCUT2D eigenvalue weighted by Gasteiger charge is -2.11. The summed E-state index contributed by atoms with van der Waals surface area (Å²) in [6, 6.07) is 19.0. The van der Waals surface area contributed by atoms with Crippen LogP contribution in [0.2, 0.25) is 0 Å². The van der Waals surface area contributed by atoms with Gasteiger partial charge in [0.1, 0.15) is 0 Å². The van der Waals surface area contributed by atoms with E-state index < -0.39 is 12.0 Å². The number of nitrogens with one attached hydrogen (secondary N) is 1. The van der Waals surface area contributed by atoms with Crippen molar-refractivity contribution in [2.75, 3.05) is 0 Å². The Bertz CT molecular complexity index is 576. The Hall–Kier alpha value is -2.64. The van der Waals surface area contributed by atoms with E-state index in [9.17, 15) is 4.79 Å². The molecule has 0 saturated heterocycles. The lowest BCUT2D eigenvalue weighted by Crippen LogP contribution is -2.24. The van der Waals surface area contributed by atoms with E-state index in [2.05, 4.69) is 5.48 Å². The van der Waals surface area contributed by atoms with Gasteiger partial charge in [-0.1, -0.05) is 48.5 Å². The van der Waals surface area contributed by atoms with E-state index in [0.717, 1.165) is 5.56 Å². The molecule has 2 aromatic carbocycles. The zero-order valence-electron chi connectivity index (χ0n) is 10.1. The largest absolute Gasteiger partial charge is 0.365 e. The van der Waals surface area contributed by atoms with Gasteiger partial charge in [-0.05, 0) is 17.7 Å². The highest BCUT2D eigenvalue weighted by Gasteiger charge is 2.13. The molecule has 0 heterocycles. The van der Waals surface area contributed by atoms with Crippen LogP contribution in [0.3, 0.4) is 0 Å². The zero-order valence-corrected chi connectivity index (χ0v) is 10.1. The van der Waals surface area contributed by atoms with Crippen LogP contribution in [0.4, 0.5) is 0 Å². The summed E-state index contributed by atoms with van der Waals surface area (Å²) < 4.78 is 0. The molecule has 0 aromatic heterocycles. The Balaban J connectivity index is 1.98. The van der Waals surface area contributed by atoms with Crippen LogP contribution in [0, 0.1) is 11.3 Å². The monoisotopic (exact) mass is 252 g/mol. The Morgan fingerprint density at radius 2 is 1.63 bits per heavy atom. The molecule has 4 heteroatoms. The van der Waals surface area contributed by atoms with Gasteiger partial charge in [-0.15, -0.1) is 5.48 Å². The summed E-state index contributed by atoms with van der Waals surface area (Å²) in [7, 11) is 0. The second kappa shape index (κ2) is 6.34. The van der Waals surface area contributed by atoms with E-state index in [1.807, 2.05) is 30.3 Å². The van der Waals surface area contributed by atoms with E-state index in [4.69, 9.17) is 10.1 Å². The van der Waals surface area contributed by atoms with Gasteiger partial charge >= 0.3 is 5.97 Å². The molecule has 0 amide bonds. The van der Waals surface area contributed by atoms with Gasteiger partial charge in [0.2, 0.25) is 0 Å². The molecule has 19 heavy (non-hydrogen) atoms. The van der Waals surface area contributed by atoms with E-state index >= 15 is 0 Å². The number of rotatable bonds is 4. The molecular formula is C15H12N2O2. The number of carbonyl (C=O) groups excluding carboxylic acids is 1. The third-order valence-corrected chi connectivity index (χ3v) is 2.54. The van der Waals surface area contributed by atoms with Crippen LogP contribution < -0.4 is 5.48 Å². The highest BCUT2D eigenvalue weighted by atomic mass is 16.7. The molecule has 2 aromatic rings. The maximum atomic E-state index is 11.7. The first-order valence-corrected chi connectivity index (χ1v) is 5.77. The number of nitrogens with zero attached hydrogens (tertiary/aromatic N) is 1. The highest BCUT2D eigenvalue weighted by molar-refractivity contribution is 5.89. The number of hydrogen-bond acceptors (Lipinski definition) is 4. The molecule has 4 nitrogen and oxygen atoms in total. The second-order valence-electron chi connectivity index (χ2n) is 3.85. The van der Waals surface area contributed by atoms with Crippen LogP contribution in [0.1, 0.15) is 22.0 Å². The molecule has 0 fully saturated rings. The first-order valence-electron chi connectivity index (χ1n) is 5.77. The van der Waals surface area contributed by atoms with Crippen molar-refractivity contribution < 1.29 is 9.63 Å². The topological polar surface area (TPSA) is 62.1 Å². The average molecular weight is 252 g/mol. The van der Waals surface area contributed by atoms with Crippen molar-refractivity contribution >= 4 is 5.97 Å². The predicted molar refractivity (Wildman–Crippen MR) is 69.8 cm³/mol. The van der Waals surface area contributed by atoms with Crippen LogP contribution in [-0.2, 0) is 4.84 Å². The quantitative estimate of drug-likeness (QED) is 0.849. The third-order valence-electron chi connectivity index (χ3n) is 2.54. The fraction of sp³-hybridized carbons (Fsp3) is 0.0667. The maximum Gasteiger partial charge on any atom is 0.356 e. The molecule has 0 aliphatic heterocycles. The number of nitriles is 1. The molecule has 0 aliphatic carbocycles. The molecule has 0 bridgehead atoms. The van der Waals surface area contributed by atoms with Gasteiger partial charge in [-0.25, -0.2) is 4.79 Å². The van der Waals surface area contributed by atoms with Gasteiger partial charge in [0.25, 0.3) is 0 Å². The normalized spacial score (nSPS) is 11.3. The Kier molecular flexibility index (Phi) is 4.27. The molecule has 1 N–H and O–H groups in total. The number of benzene rings is 2. The van der Waals surface area contributed by atoms with Crippen LogP contribution in [0.15, 0.2) is 60.7 Å². The number of carbonyl (C=O) groups is 1. The summed E-state index contributed by atoms with van der Waals surface area (Å²) in [4.78, 5) is 16.6. The third kappa shape index (κ3) is 3.41. The van der Waals surface area contributed by atoms with E-state index in [0.29, 0.717) is 5.56 Å². The van der Waals surface area contributed by atoms with Crippen molar-refractivity contribution in [1.82, 2.24) is 5.48 Å². The van der Waals surface area contributed by atoms with Crippen molar-refractivity contribution in [2.45, 2.75) is 6.04 Å². The van der Waals surface area contributed by atoms with Gasteiger partial charge in [0, 0.05) is 0 Å². The number of hydrogen-bond donors (Lipinski definition) is 1. The Labute approximate surface area is 111 Å². The lowest BCUT2D eigenvalue weighted by atomic mass is 10.1. The number of hydroxylamine groups is 1. The first-order chi connectivity index (χ1) is 9.31. The Morgan fingerprint density at radius 1 is 1.05 bits per heavy atom. The van der Waals surface area contributed by atoms with Crippen LogP contribution >= 0.6 is 0 Å². The SMILES string of the molecule is N#CC(NOC(=O)c1ccccc1)c1ccccc1. The summed E-state index contributed by atoms with van der Waals surface area (Å²) in [5.41, 5.74) is 3.65. The fourth-order valence-corrected chi connectivity index (χ4v) is 1.56. The van der Waals surface area contributed by atoms with Gasteiger partial charge < -0.3 is 4.84 Å². The van der Waals surface area contributed by atoms with Crippen LogP contribution in [-0.4, -0.2) is 5.97 Å². The summed E-state index contributed by atoms with van der Waals surface area (Å²) in [6.07, 6.45) is 0. The van der Waals surface area contributed by atoms with Gasteiger partial charge in [0.15, 0.2) is 6.04 Å². The van der Waals surface area contributed by atoms with E-state index in [1.165, 1.54) is 0 Å². The standard InChI is InChI=1S/C15H12N2O2/c16-11-14(12-7-3-1-4-8-12)17-19-15(18)13-9-5-2-6-10-13/h1-10,14,17H. The predicted octanol–water partition coefficient (Wildman–Crippen LogP) is 2.61. The smallest absolute Gasteiger partial charge is 0.356 e. The molecule has 0 saturated carbocycles. The summed E-state index contributed by atoms with van der Waals surface area (Å²) >= 11 is 0. The molecule has 1 unspecified atom stereocenters. The summed E-state index contributed by atoms with van der Waals surface area (Å²) in [5.74, 6) is -0.517. The lowest BCUT2D eigenvalue weighted by molar-refractivity contribution is 0.0202. The van der Waals surface area contributed by atoms with Crippen molar-refractivity contribution in [3.8, 4) is 6.07 Å². The summed E-state index contributed by atoms with van der Waals surface area (Å²) in [6.45, 7) is 0. The minimum absolute atomic E-state index is 0.430. The first kappa shape index (κ1) is 12.8. The van der Waals surface area contributed by atoms with Crippen LogP contribution in [0.25, 0.3) is 0 Å². The van der Waals surface area contributed by atoms with E-state index in [-0.39, 0.29) is 0 Å². The molecule has 1 atom stereocenters. The minimum Gasteiger partial charge on any atom is -0.365 e. The molecule has 2 rings (SSSR count). The van der Waals surface area contributed by atoms with Gasteiger partial charge in [-0.3, -0.25) is 0 Å². The van der Waals surface area contributed by atoms with Crippen molar-refractivity contribution in [3.63, 3.8) is 0 Å². The second-order valence-corrected chi connectivity index (χ2v) is 3.85. The Morgan fingerprint density at radius 3 is 2.21 bits per heavy atom. The van der Waals surface area contributed by atoms with E-state index in [1.54, 1.807) is 36.4 Å². The average Bonchev–Trinajstić information content (AvgIpc) is 2.49. The van der Waals surface area contributed by atoms with Crippen molar-refractivity contribution in [2.24, 2.45) is 0 Å². The molecule has 0 spiro atoms. The molecule has 0 radical (unpaired) electrons. The molecular weight excluding hydrogens is 240 g/mol. The summed E-state index contributed by atoms with van der Waals surface area (Å²) in [5, 5.41) is 9.06. The molecule has 0 aliphatic rings.